The Hall–Kier alpha value is -3.16. The number of nitrogens with zero attached hydrogens (tertiary/aromatic N) is 4. The van der Waals surface area contributed by atoms with Gasteiger partial charge in [0.2, 0.25) is 0 Å². The van der Waals surface area contributed by atoms with Crippen LogP contribution in [0, 0.1) is 0 Å². The highest BCUT2D eigenvalue weighted by molar-refractivity contribution is 7.98. The minimum absolute atomic E-state index is 0.0660. The van der Waals surface area contributed by atoms with Crippen molar-refractivity contribution < 1.29 is 9.53 Å². The molecule has 32 heavy (non-hydrogen) atoms. The first-order valence-corrected chi connectivity index (χ1v) is 11.7. The Morgan fingerprint density at radius 1 is 0.969 bits per heavy atom. The molecule has 1 amide bonds. The van der Waals surface area contributed by atoms with Crippen LogP contribution >= 0.6 is 11.8 Å². The lowest BCUT2D eigenvalue weighted by molar-refractivity contribution is 0.0303. The summed E-state index contributed by atoms with van der Waals surface area (Å²) in [6, 6.07) is 20.2. The molecule has 1 aliphatic heterocycles. The lowest BCUT2D eigenvalue weighted by Crippen LogP contribution is -2.40. The molecule has 0 radical (unpaired) electrons. The predicted molar refractivity (Wildman–Crippen MR) is 126 cm³/mol. The molecular weight excluding hydrogens is 420 g/mol. The molecule has 0 N–H and O–H groups in total. The second kappa shape index (κ2) is 9.54. The van der Waals surface area contributed by atoms with Crippen LogP contribution in [0.3, 0.4) is 0 Å². The molecule has 2 aromatic carbocycles. The van der Waals surface area contributed by atoms with E-state index in [0.717, 1.165) is 27.5 Å². The average Bonchev–Trinajstić information content (AvgIpc) is 3.21. The van der Waals surface area contributed by atoms with Gasteiger partial charge in [0.1, 0.15) is 0 Å². The molecule has 7 heteroatoms. The molecule has 0 aliphatic carbocycles. The van der Waals surface area contributed by atoms with Gasteiger partial charge in [0.25, 0.3) is 5.91 Å². The van der Waals surface area contributed by atoms with Crippen LogP contribution in [0.25, 0.3) is 11.0 Å². The summed E-state index contributed by atoms with van der Waals surface area (Å²) in [4.78, 5) is 23.7. The Bertz CT molecular complexity index is 1200. The Labute approximate surface area is 191 Å². The molecule has 0 unspecified atom stereocenters. The summed E-state index contributed by atoms with van der Waals surface area (Å²) >= 11 is 1.72. The zero-order valence-corrected chi connectivity index (χ0v) is 18.5. The first-order valence-electron chi connectivity index (χ1n) is 10.7. The van der Waals surface area contributed by atoms with E-state index in [2.05, 4.69) is 33.8 Å². The number of thioether (sulfide) groups is 1. The fourth-order valence-electron chi connectivity index (χ4n) is 3.82. The molecule has 162 valence electrons. The summed E-state index contributed by atoms with van der Waals surface area (Å²) in [6.45, 7) is 3.18. The first kappa shape index (κ1) is 20.7. The van der Waals surface area contributed by atoms with E-state index in [-0.39, 0.29) is 5.91 Å². The van der Waals surface area contributed by atoms with E-state index in [1.54, 1.807) is 18.0 Å². The number of fused-ring (bicyclic) bond motifs is 1. The molecule has 1 aliphatic rings. The number of ether oxygens (including phenoxy) is 1. The summed E-state index contributed by atoms with van der Waals surface area (Å²) in [5.74, 6) is 0.918. The minimum Gasteiger partial charge on any atom is -0.378 e. The van der Waals surface area contributed by atoms with E-state index in [9.17, 15) is 4.79 Å². The molecule has 0 spiro atoms. The highest BCUT2D eigenvalue weighted by atomic mass is 32.2. The summed E-state index contributed by atoms with van der Waals surface area (Å²) in [7, 11) is 0. The van der Waals surface area contributed by atoms with Gasteiger partial charge in [0.15, 0.2) is 5.16 Å². The number of amides is 1. The van der Waals surface area contributed by atoms with Gasteiger partial charge in [-0.25, -0.2) is 4.98 Å². The van der Waals surface area contributed by atoms with Gasteiger partial charge < -0.3 is 14.2 Å². The second-order valence-electron chi connectivity index (χ2n) is 7.72. The zero-order valence-electron chi connectivity index (χ0n) is 17.7. The number of benzene rings is 2. The SMILES string of the molecule is O=C(c1ccc(Cn2c(SCc3ccccc3)nc3ccncc32)cc1)N1CCOCC1. The molecule has 0 atom stereocenters. The Morgan fingerprint density at radius 2 is 1.75 bits per heavy atom. The fourth-order valence-corrected chi connectivity index (χ4v) is 4.79. The molecule has 4 aromatic rings. The molecule has 5 rings (SSSR count). The predicted octanol–water partition coefficient (Wildman–Crippen LogP) is 4.24. The summed E-state index contributed by atoms with van der Waals surface area (Å²) in [6.07, 6.45) is 3.64. The normalized spacial score (nSPS) is 14.1. The van der Waals surface area contributed by atoms with E-state index in [1.165, 1.54) is 5.56 Å². The third-order valence-corrected chi connectivity index (χ3v) is 6.61. The van der Waals surface area contributed by atoms with Gasteiger partial charge in [0.05, 0.1) is 37.0 Å². The maximum atomic E-state index is 12.7. The van der Waals surface area contributed by atoms with Crippen molar-refractivity contribution in [2.45, 2.75) is 17.5 Å². The van der Waals surface area contributed by atoms with E-state index in [4.69, 9.17) is 9.72 Å². The lowest BCUT2D eigenvalue weighted by atomic mass is 10.1. The van der Waals surface area contributed by atoms with Crippen molar-refractivity contribution in [3.05, 3.63) is 89.7 Å². The van der Waals surface area contributed by atoms with Gasteiger partial charge in [-0.05, 0) is 29.3 Å². The highest BCUT2D eigenvalue weighted by Gasteiger charge is 2.18. The highest BCUT2D eigenvalue weighted by Crippen LogP contribution is 2.27. The van der Waals surface area contributed by atoms with Crippen molar-refractivity contribution in [1.82, 2.24) is 19.4 Å². The Balaban J connectivity index is 1.36. The topological polar surface area (TPSA) is 60.2 Å². The van der Waals surface area contributed by atoms with Crippen LogP contribution < -0.4 is 0 Å². The molecule has 6 nitrogen and oxygen atoms in total. The van der Waals surface area contributed by atoms with Crippen LogP contribution in [0.4, 0.5) is 0 Å². The van der Waals surface area contributed by atoms with E-state index >= 15 is 0 Å². The number of aromatic nitrogens is 3. The van der Waals surface area contributed by atoms with Crippen LogP contribution in [-0.4, -0.2) is 51.6 Å². The van der Waals surface area contributed by atoms with Crippen molar-refractivity contribution in [2.24, 2.45) is 0 Å². The number of hydrogen-bond acceptors (Lipinski definition) is 5. The number of hydrogen-bond donors (Lipinski definition) is 0. The van der Waals surface area contributed by atoms with Gasteiger partial charge in [0, 0.05) is 30.6 Å². The number of carbonyl (C=O) groups excluding carboxylic acids is 1. The van der Waals surface area contributed by atoms with Crippen LogP contribution in [0.5, 0.6) is 0 Å². The van der Waals surface area contributed by atoms with E-state index < -0.39 is 0 Å². The number of morpholine rings is 1. The van der Waals surface area contributed by atoms with Gasteiger partial charge in [-0.2, -0.15) is 0 Å². The fraction of sp³-hybridized carbons (Fsp3) is 0.240. The number of carbonyl (C=O) groups is 1. The number of imidazole rings is 1. The van der Waals surface area contributed by atoms with Crippen LogP contribution in [0.1, 0.15) is 21.5 Å². The minimum atomic E-state index is 0.0660. The average molecular weight is 445 g/mol. The molecule has 0 bridgehead atoms. The van der Waals surface area contributed by atoms with Gasteiger partial charge in [-0.15, -0.1) is 0 Å². The molecule has 0 saturated carbocycles. The van der Waals surface area contributed by atoms with Crippen LogP contribution in [-0.2, 0) is 17.0 Å². The van der Waals surface area contributed by atoms with Crippen LogP contribution in [0.2, 0.25) is 0 Å². The molecular formula is C25H24N4O2S. The van der Waals surface area contributed by atoms with Crippen molar-refractivity contribution in [2.75, 3.05) is 26.3 Å². The Morgan fingerprint density at radius 3 is 2.53 bits per heavy atom. The maximum absolute atomic E-state index is 12.7. The largest absolute Gasteiger partial charge is 0.378 e. The quantitative estimate of drug-likeness (QED) is 0.416. The van der Waals surface area contributed by atoms with Crippen LogP contribution in [0.15, 0.2) is 78.2 Å². The smallest absolute Gasteiger partial charge is 0.254 e. The monoisotopic (exact) mass is 444 g/mol. The third kappa shape index (κ3) is 4.54. The van der Waals surface area contributed by atoms with Gasteiger partial charge in [-0.3, -0.25) is 9.78 Å². The summed E-state index contributed by atoms with van der Waals surface area (Å²) in [5, 5.41) is 0.963. The summed E-state index contributed by atoms with van der Waals surface area (Å²) in [5.41, 5.74) is 5.05. The second-order valence-corrected chi connectivity index (χ2v) is 8.66. The standard InChI is InChI=1S/C25H24N4O2S/c30-24(28-12-14-31-15-13-28)21-8-6-19(7-9-21)17-29-23-16-26-11-10-22(23)27-25(29)32-18-20-4-2-1-3-5-20/h1-11,16H,12-15,17-18H2. The molecule has 1 saturated heterocycles. The number of rotatable bonds is 6. The van der Waals surface area contributed by atoms with Crippen molar-refractivity contribution in [1.29, 1.82) is 0 Å². The van der Waals surface area contributed by atoms with Gasteiger partial charge in [-0.1, -0.05) is 54.2 Å². The summed E-state index contributed by atoms with van der Waals surface area (Å²) < 4.78 is 7.55. The Kier molecular flexibility index (Phi) is 6.18. The lowest BCUT2D eigenvalue weighted by Gasteiger charge is -2.26. The zero-order chi connectivity index (χ0) is 21.8. The molecule has 1 fully saturated rings. The van der Waals surface area contributed by atoms with Crippen molar-refractivity contribution in [3.8, 4) is 0 Å². The van der Waals surface area contributed by atoms with Crippen molar-refractivity contribution >= 4 is 28.7 Å². The van der Waals surface area contributed by atoms with Gasteiger partial charge >= 0.3 is 0 Å². The van der Waals surface area contributed by atoms with E-state index in [1.807, 2.05) is 47.5 Å². The maximum Gasteiger partial charge on any atom is 0.254 e. The first-order chi connectivity index (χ1) is 15.8. The molecule has 2 aromatic heterocycles. The van der Waals surface area contributed by atoms with Crippen molar-refractivity contribution in [3.63, 3.8) is 0 Å². The van der Waals surface area contributed by atoms with E-state index in [0.29, 0.717) is 38.4 Å². The number of pyridine rings is 1. The third-order valence-electron chi connectivity index (χ3n) is 5.57. The molecule has 3 heterocycles.